The first-order valence-corrected chi connectivity index (χ1v) is 5.34. The molecule has 1 aromatic carbocycles. The minimum absolute atomic E-state index is 0.148. The van der Waals surface area contributed by atoms with Gasteiger partial charge in [-0.15, -0.1) is 0 Å². The van der Waals surface area contributed by atoms with Crippen molar-refractivity contribution in [3.63, 3.8) is 0 Å². The van der Waals surface area contributed by atoms with Crippen molar-refractivity contribution in [3.05, 3.63) is 53.6 Å². The van der Waals surface area contributed by atoms with E-state index in [0.717, 1.165) is 17.8 Å². The first-order valence-electron chi connectivity index (χ1n) is 5.34. The summed E-state index contributed by atoms with van der Waals surface area (Å²) >= 11 is 0. The third-order valence-electron chi connectivity index (χ3n) is 2.42. The highest BCUT2D eigenvalue weighted by Gasteiger charge is 2.09. The Kier molecular flexibility index (Phi) is 3.23. The Balaban J connectivity index is 2.21. The van der Waals surface area contributed by atoms with Gasteiger partial charge in [0.05, 0.1) is 23.1 Å². The topological polar surface area (TPSA) is 68.0 Å². The Bertz CT molecular complexity index is 599. The molecule has 0 saturated heterocycles. The number of nitrogens with one attached hydrogen (secondary N) is 1. The average Bonchev–Trinajstić information content (AvgIpc) is 2.32. The lowest BCUT2D eigenvalue weighted by atomic mass is 10.2. The summed E-state index contributed by atoms with van der Waals surface area (Å²) in [5.74, 6) is -1.00. The van der Waals surface area contributed by atoms with Crippen molar-refractivity contribution < 1.29 is 9.18 Å². The van der Waals surface area contributed by atoms with E-state index in [4.69, 9.17) is 5.73 Å². The van der Waals surface area contributed by atoms with Crippen LogP contribution in [0.25, 0.3) is 0 Å². The zero-order valence-corrected chi connectivity index (χ0v) is 9.77. The van der Waals surface area contributed by atoms with E-state index in [0.29, 0.717) is 11.4 Å². The molecule has 0 unspecified atom stereocenters. The first-order chi connectivity index (χ1) is 8.56. The van der Waals surface area contributed by atoms with Gasteiger partial charge in [-0.1, -0.05) is 6.07 Å². The van der Waals surface area contributed by atoms with Crippen LogP contribution >= 0.6 is 0 Å². The Morgan fingerprint density at radius 2 is 2.11 bits per heavy atom. The summed E-state index contributed by atoms with van der Waals surface area (Å²) in [6.45, 7) is 1.90. The predicted molar refractivity (Wildman–Crippen MR) is 67.7 cm³/mol. The number of halogens is 1. The van der Waals surface area contributed by atoms with Crippen molar-refractivity contribution in [2.24, 2.45) is 0 Å². The van der Waals surface area contributed by atoms with Crippen LogP contribution in [-0.4, -0.2) is 10.9 Å². The molecule has 4 nitrogen and oxygen atoms in total. The third kappa shape index (κ3) is 2.63. The smallest absolute Gasteiger partial charge is 0.257 e. The van der Waals surface area contributed by atoms with Gasteiger partial charge in [0.15, 0.2) is 0 Å². The van der Waals surface area contributed by atoms with Crippen LogP contribution < -0.4 is 11.1 Å². The minimum Gasteiger partial charge on any atom is -0.397 e. The van der Waals surface area contributed by atoms with E-state index in [1.807, 2.05) is 13.0 Å². The number of aromatic nitrogens is 1. The number of hydrogen-bond acceptors (Lipinski definition) is 3. The summed E-state index contributed by atoms with van der Waals surface area (Å²) in [6.07, 6.45) is 2.33. The molecule has 0 saturated carbocycles. The molecule has 2 rings (SSSR count). The van der Waals surface area contributed by atoms with E-state index in [9.17, 15) is 9.18 Å². The van der Waals surface area contributed by atoms with Gasteiger partial charge >= 0.3 is 0 Å². The van der Waals surface area contributed by atoms with E-state index < -0.39 is 11.7 Å². The van der Waals surface area contributed by atoms with Gasteiger partial charge in [-0.3, -0.25) is 9.78 Å². The maximum atomic E-state index is 12.9. The summed E-state index contributed by atoms with van der Waals surface area (Å²) < 4.78 is 12.9. The Hall–Kier alpha value is -2.43. The number of amides is 1. The number of carbonyl (C=O) groups is 1. The fraction of sp³-hybridized carbons (Fsp3) is 0.0769. The van der Waals surface area contributed by atoms with Crippen LogP contribution in [-0.2, 0) is 0 Å². The molecular weight excluding hydrogens is 233 g/mol. The maximum Gasteiger partial charge on any atom is 0.257 e. The van der Waals surface area contributed by atoms with Crippen molar-refractivity contribution >= 4 is 17.3 Å². The zero-order valence-electron chi connectivity index (χ0n) is 9.77. The fourth-order valence-electron chi connectivity index (χ4n) is 1.53. The molecule has 92 valence electrons. The molecule has 1 aromatic heterocycles. The number of benzene rings is 1. The summed E-state index contributed by atoms with van der Waals surface area (Å²) in [5.41, 5.74) is 7.88. The van der Waals surface area contributed by atoms with Crippen LogP contribution in [0.15, 0.2) is 36.7 Å². The number of nitrogens with two attached hydrogens (primary N) is 1. The fourth-order valence-corrected chi connectivity index (χ4v) is 1.53. The lowest BCUT2D eigenvalue weighted by molar-refractivity contribution is 0.102. The highest BCUT2D eigenvalue weighted by molar-refractivity contribution is 6.05. The van der Waals surface area contributed by atoms with Crippen LogP contribution in [0.2, 0.25) is 0 Å². The molecule has 0 aliphatic carbocycles. The number of hydrogen-bond donors (Lipinski definition) is 2. The molecule has 5 heteroatoms. The number of rotatable bonds is 2. The van der Waals surface area contributed by atoms with Crippen molar-refractivity contribution in [2.45, 2.75) is 6.92 Å². The lowest BCUT2D eigenvalue weighted by Crippen LogP contribution is -2.13. The normalized spacial score (nSPS) is 10.1. The second kappa shape index (κ2) is 4.83. The quantitative estimate of drug-likeness (QED) is 0.798. The van der Waals surface area contributed by atoms with E-state index in [-0.39, 0.29) is 5.56 Å². The monoisotopic (exact) mass is 245 g/mol. The first kappa shape index (κ1) is 12.0. The zero-order chi connectivity index (χ0) is 13.1. The number of nitrogen functional groups attached to an aromatic ring is 1. The standard InChI is InChI=1S/C13H12FN3O/c1-8-2-3-12(11(15)4-8)17-13(18)9-5-10(14)7-16-6-9/h2-7H,15H2,1H3,(H,17,18). The maximum absolute atomic E-state index is 12.9. The molecule has 18 heavy (non-hydrogen) atoms. The predicted octanol–water partition coefficient (Wildman–Crippen LogP) is 2.36. The second-order valence-corrected chi connectivity index (χ2v) is 3.94. The Morgan fingerprint density at radius 1 is 1.33 bits per heavy atom. The second-order valence-electron chi connectivity index (χ2n) is 3.94. The van der Waals surface area contributed by atoms with Gasteiger partial charge in [0.1, 0.15) is 5.82 Å². The molecule has 0 aliphatic heterocycles. The van der Waals surface area contributed by atoms with Crippen LogP contribution in [0.4, 0.5) is 15.8 Å². The molecule has 0 atom stereocenters. The van der Waals surface area contributed by atoms with Gasteiger partial charge in [-0.2, -0.15) is 0 Å². The highest BCUT2D eigenvalue weighted by atomic mass is 19.1. The molecule has 0 bridgehead atoms. The van der Waals surface area contributed by atoms with E-state index >= 15 is 0 Å². The lowest BCUT2D eigenvalue weighted by Gasteiger charge is -2.08. The van der Waals surface area contributed by atoms with Crippen molar-refractivity contribution in [3.8, 4) is 0 Å². The number of nitrogens with zero attached hydrogens (tertiary/aromatic N) is 1. The molecule has 1 amide bonds. The molecule has 0 aliphatic rings. The summed E-state index contributed by atoms with van der Waals surface area (Å²) in [7, 11) is 0. The van der Waals surface area contributed by atoms with Crippen LogP contribution in [0.5, 0.6) is 0 Å². The summed E-state index contributed by atoms with van der Waals surface area (Å²) in [5, 5.41) is 2.61. The molecule has 0 fully saturated rings. The summed E-state index contributed by atoms with van der Waals surface area (Å²) in [6, 6.07) is 6.40. The molecule has 2 aromatic rings. The highest BCUT2D eigenvalue weighted by Crippen LogP contribution is 2.20. The van der Waals surface area contributed by atoms with E-state index in [2.05, 4.69) is 10.3 Å². The van der Waals surface area contributed by atoms with Crippen molar-refractivity contribution in [1.29, 1.82) is 0 Å². The number of carbonyl (C=O) groups excluding carboxylic acids is 1. The molecule has 3 N–H and O–H groups in total. The van der Waals surface area contributed by atoms with E-state index in [1.165, 1.54) is 6.20 Å². The molecule has 0 spiro atoms. The molecule has 0 radical (unpaired) electrons. The van der Waals surface area contributed by atoms with Gasteiger partial charge < -0.3 is 11.1 Å². The minimum atomic E-state index is -0.556. The van der Waals surface area contributed by atoms with Gasteiger partial charge in [0.25, 0.3) is 5.91 Å². The van der Waals surface area contributed by atoms with Crippen molar-refractivity contribution in [1.82, 2.24) is 4.98 Å². The Morgan fingerprint density at radius 3 is 2.78 bits per heavy atom. The van der Waals surface area contributed by atoms with Gasteiger partial charge in [-0.05, 0) is 30.7 Å². The molecule has 1 heterocycles. The van der Waals surface area contributed by atoms with Gasteiger partial charge in [0, 0.05) is 6.20 Å². The van der Waals surface area contributed by atoms with Crippen molar-refractivity contribution in [2.75, 3.05) is 11.1 Å². The van der Waals surface area contributed by atoms with E-state index in [1.54, 1.807) is 12.1 Å². The van der Waals surface area contributed by atoms with Crippen LogP contribution in [0.3, 0.4) is 0 Å². The Labute approximate surface area is 104 Å². The SMILES string of the molecule is Cc1ccc(NC(=O)c2cncc(F)c2)c(N)c1. The van der Waals surface area contributed by atoms with Gasteiger partial charge in [-0.25, -0.2) is 4.39 Å². The largest absolute Gasteiger partial charge is 0.397 e. The summed E-state index contributed by atoms with van der Waals surface area (Å²) in [4.78, 5) is 15.4. The van der Waals surface area contributed by atoms with Crippen LogP contribution in [0, 0.1) is 12.7 Å². The average molecular weight is 245 g/mol. The third-order valence-corrected chi connectivity index (χ3v) is 2.42. The van der Waals surface area contributed by atoms with Gasteiger partial charge in [0.2, 0.25) is 0 Å². The molecular formula is C13H12FN3O. The van der Waals surface area contributed by atoms with Crippen LogP contribution in [0.1, 0.15) is 15.9 Å². The number of aryl methyl sites for hydroxylation is 1. The number of anilines is 2. The number of pyridine rings is 1.